The topological polar surface area (TPSA) is 61.0 Å². The van der Waals surface area contributed by atoms with Gasteiger partial charge in [0, 0.05) is 29.6 Å². The lowest BCUT2D eigenvalue weighted by Crippen LogP contribution is -2.06. The van der Waals surface area contributed by atoms with Gasteiger partial charge in [0.1, 0.15) is 0 Å². The molecule has 0 aliphatic heterocycles. The van der Waals surface area contributed by atoms with Gasteiger partial charge in [-0.1, -0.05) is 6.07 Å². The van der Waals surface area contributed by atoms with Crippen molar-refractivity contribution in [1.82, 2.24) is 9.97 Å². The summed E-state index contributed by atoms with van der Waals surface area (Å²) in [6.07, 6.45) is 2.67. The van der Waals surface area contributed by atoms with Crippen LogP contribution >= 0.6 is 11.3 Å². The Bertz CT molecular complexity index is 498. The van der Waals surface area contributed by atoms with E-state index in [1.807, 2.05) is 24.6 Å². The first kappa shape index (κ1) is 13.1. The average molecular weight is 263 g/mol. The summed E-state index contributed by atoms with van der Waals surface area (Å²) in [6.45, 7) is 3.74. The second kappa shape index (κ2) is 6.58. The minimum absolute atomic E-state index is 0.452. The molecule has 2 rings (SSSR count). The SMILES string of the molecule is Cc1ncsc1CCOCc1cccnc1CN. The van der Waals surface area contributed by atoms with Crippen LogP contribution in [0, 0.1) is 6.92 Å². The van der Waals surface area contributed by atoms with Crippen molar-refractivity contribution in [2.45, 2.75) is 26.5 Å². The number of hydrogen-bond donors (Lipinski definition) is 1. The normalized spacial score (nSPS) is 10.8. The molecule has 96 valence electrons. The lowest BCUT2D eigenvalue weighted by atomic mass is 10.2. The van der Waals surface area contributed by atoms with E-state index >= 15 is 0 Å². The standard InChI is InChI=1S/C13H17N3OS/c1-10-13(18-9-16-10)4-6-17-8-11-3-2-5-15-12(11)7-14/h2-3,5,9H,4,6-8,14H2,1H3. The first-order valence-corrected chi connectivity index (χ1v) is 6.78. The molecule has 0 unspecified atom stereocenters. The highest BCUT2D eigenvalue weighted by Crippen LogP contribution is 2.13. The number of rotatable bonds is 6. The Morgan fingerprint density at radius 1 is 1.39 bits per heavy atom. The zero-order valence-corrected chi connectivity index (χ0v) is 11.2. The molecule has 0 fully saturated rings. The molecule has 0 amide bonds. The van der Waals surface area contributed by atoms with Crippen molar-refractivity contribution in [3.05, 3.63) is 45.7 Å². The van der Waals surface area contributed by atoms with Gasteiger partial charge in [-0.05, 0) is 13.0 Å². The molecule has 0 spiro atoms. The number of thiazole rings is 1. The van der Waals surface area contributed by atoms with Gasteiger partial charge in [0.25, 0.3) is 0 Å². The van der Waals surface area contributed by atoms with Crippen molar-refractivity contribution in [1.29, 1.82) is 0 Å². The monoisotopic (exact) mass is 263 g/mol. The number of nitrogens with two attached hydrogens (primary N) is 1. The summed E-state index contributed by atoms with van der Waals surface area (Å²) in [7, 11) is 0. The Morgan fingerprint density at radius 2 is 2.28 bits per heavy atom. The Balaban J connectivity index is 1.80. The Hall–Kier alpha value is -1.30. The largest absolute Gasteiger partial charge is 0.376 e. The number of pyridine rings is 1. The molecule has 0 aliphatic rings. The van der Waals surface area contributed by atoms with Crippen LogP contribution in [0.5, 0.6) is 0 Å². The predicted molar refractivity (Wildman–Crippen MR) is 72.3 cm³/mol. The molecule has 18 heavy (non-hydrogen) atoms. The first-order chi connectivity index (χ1) is 8.81. The smallest absolute Gasteiger partial charge is 0.0797 e. The van der Waals surface area contributed by atoms with Crippen molar-refractivity contribution in [2.24, 2.45) is 5.73 Å². The van der Waals surface area contributed by atoms with Crippen LogP contribution in [-0.2, 0) is 24.3 Å². The molecule has 4 nitrogen and oxygen atoms in total. The first-order valence-electron chi connectivity index (χ1n) is 5.91. The number of ether oxygens (including phenoxy) is 1. The maximum Gasteiger partial charge on any atom is 0.0797 e. The van der Waals surface area contributed by atoms with Gasteiger partial charge in [0.2, 0.25) is 0 Å². The third-order valence-corrected chi connectivity index (χ3v) is 3.75. The number of nitrogens with zero attached hydrogens (tertiary/aromatic N) is 2. The van der Waals surface area contributed by atoms with E-state index in [-0.39, 0.29) is 0 Å². The van der Waals surface area contributed by atoms with E-state index in [2.05, 4.69) is 9.97 Å². The number of aromatic nitrogens is 2. The van der Waals surface area contributed by atoms with Gasteiger partial charge >= 0.3 is 0 Å². The molecular formula is C13H17N3OS. The van der Waals surface area contributed by atoms with Crippen LogP contribution in [0.3, 0.4) is 0 Å². The van der Waals surface area contributed by atoms with Crippen LogP contribution in [0.15, 0.2) is 23.8 Å². The maximum atomic E-state index is 5.67. The molecule has 0 aromatic carbocycles. The van der Waals surface area contributed by atoms with Gasteiger partial charge in [-0.3, -0.25) is 4.98 Å². The van der Waals surface area contributed by atoms with Gasteiger partial charge in [-0.25, -0.2) is 4.98 Å². The van der Waals surface area contributed by atoms with E-state index in [1.165, 1.54) is 4.88 Å². The van der Waals surface area contributed by atoms with Crippen LogP contribution in [0.4, 0.5) is 0 Å². The van der Waals surface area contributed by atoms with Crippen molar-refractivity contribution in [3.63, 3.8) is 0 Å². The third kappa shape index (κ3) is 3.35. The minimum atomic E-state index is 0.452. The summed E-state index contributed by atoms with van der Waals surface area (Å²) in [6, 6.07) is 3.92. The van der Waals surface area contributed by atoms with E-state index in [9.17, 15) is 0 Å². The molecule has 0 atom stereocenters. The predicted octanol–water partition coefficient (Wildman–Crippen LogP) is 2.06. The maximum absolute atomic E-state index is 5.67. The van der Waals surface area contributed by atoms with Crippen molar-refractivity contribution >= 4 is 11.3 Å². The summed E-state index contributed by atoms with van der Waals surface area (Å²) in [5.41, 5.74) is 10.6. The van der Waals surface area contributed by atoms with E-state index in [4.69, 9.17) is 10.5 Å². The molecule has 2 heterocycles. The van der Waals surface area contributed by atoms with Gasteiger partial charge < -0.3 is 10.5 Å². The van der Waals surface area contributed by atoms with Crippen LogP contribution < -0.4 is 5.73 Å². The minimum Gasteiger partial charge on any atom is -0.376 e. The summed E-state index contributed by atoms with van der Waals surface area (Å²) in [4.78, 5) is 9.74. The van der Waals surface area contributed by atoms with E-state index in [1.54, 1.807) is 17.5 Å². The Kier molecular flexibility index (Phi) is 4.81. The van der Waals surface area contributed by atoms with Gasteiger partial charge in [0.05, 0.1) is 30.1 Å². The molecular weight excluding hydrogens is 246 g/mol. The van der Waals surface area contributed by atoms with Crippen molar-refractivity contribution in [2.75, 3.05) is 6.61 Å². The fraction of sp³-hybridized carbons (Fsp3) is 0.385. The summed E-state index contributed by atoms with van der Waals surface area (Å²) < 4.78 is 5.67. The molecule has 2 aromatic rings. The van der Waals surface area contributed by atoms with Gasteiger partial charge in [-0.15, -0.1) is 11.3 Å². The zero-order valence-electron chi connectivity index (χ0n) is 10.4. The second-order valence-electron chi connectivity index (χ2n) is 3.98. The van der Waals surface area contributed by atoms with E-state index in [0.717, 1.165) is 23.4 Å². The van der Waals surface area contributed by atoms with Crippen LogP contribution in [-0.4, -0.2) is 16.6 Å². The molecule has 0 saturated heterocycles. The third-order valence-electron chi connectivity index (χ3n) is 2.75. The van der Waals surface area contributed by atoms with Crippen LogP contribution in [0.1, 0.15) is 21.8 Å². The molecule has 0 radical (unpaired) electrons. The lowest BCUT2D eigenvalue weighted by Gasteiger charge is -2.07. The molecule has 0 bridgehead atoms. The number of hydrogen-bond acceptors (Lipinski definition) is 5. The average Bonchev–Trinajstić information content (AvgIpc) is 2.81. The van der Waals surface area contributed by atoms with Crippen LogP contribution in [0.25, 0.3) is 0 Å². The van der Waals surface area contributed by atoms with E-state index < -0.39 is 0 Å². The molecule has 5 heteroatoms. The quantitative estimate of drug-likeness (QED) is 0.810. The Morgan fingerprint density at radius 3 is 3.00 bits per heavy atom. The summed E-state index contributed by atoms with van der Waals surface area (Å²) in [5, 5.41) is 0. The van der Waals surface area contributed by atoms with E-state index in [0.29, 0.717) is 19.8 Å². The van der Waals surface area contributed by atoms with Gasteiger partial charge in [0.15, 0.2) is 0 Å². The van der Waals surface area contributed by atoms with Crippen molar-refractivity contribution in [3.8, 4) is 0 Å². The highest BCUT2D eigenvalue weighted by molar-refractivity contribution is 7.09. The summed E-state index contributed by atoms with van der Waals surface area (Å²) >= 11 is 1.68. The zero-order chi connectivity index (χ0) is 12.8. The van der Waals surface area contributed by atoms with Crippen molar-refractivity contribution < 1.29 is 4.74 Å². The highest BCUT2D eigenvalue weighted by Gasteiger charge is 2.03. The molecule has 0 aliphatic carbocycles. The Labute approximate surface area is 111 Å². The summed E-state index contributed by atoms with van der Waals surface area (Å²) in [5.74, 6) is 0. The highest BCUT2D eigenvalue weighted by atomic mass is 32.1. The lowest BCUT2D eigenvalue weighted by molar-refractivity contribution is 0.123. The second-order valence-corrected chi connectivity index (χ2v) is 4.92. The fourth-order valence-electron chi connectivity index (χ4n) is 1.70. The molecule has 2 aromatic heterocycles. The molecule has 2 N–H and O–H groups in total. The molecule has 0 saturated carbocycles. The number of aryl methyl sites for hydroxylation is 1. The van der Waals surface area contributed by atoms with Crippen LogP contribution in [0.2, 0.25) is 0 Å². The fourth-order valence-corrected chi connectivity index (χ4v) is 2.46. The van der Waals surface area contributed by atoms with Gasteiger partial charge in [-0.2, -0.15) is 0 Å².